The maximum absolute atomic E-state index is 13.0. The second-order valence-electron chi connectivity index (χ2n) is 2.24. The summed E-state index contributed by atoms with van der Waals surface area (Å²) in [6.07, 6.45) is 1.72. The smallest absolute Gasteiger partial charge is 0.235 e. The molecule has 1 aromatic rings. The number of nitrogens with zero attached hydrogens (tertiary/aromatic N) is 1. The van der Waals surface area contributed by atoms with Gasteiger partial charge in [0.15, 0.2) is 0 Å². The molecule has 13 heavy (non-hydrogen) atoms. The van der Waals surface area contributed by atoms with Crippen molar-refractivity contribution in [3.63, 3.8) is 0 Å². The van der Waals surface area contributed by atoms with Gasteiger partial charge in [0.05, 0.1) is 9.95 Å². The average molecular weight is 202 g/mol. The Morgan fingerprint density at radius 3 is 2.85 bits per heavy atom. The first-order valence-corrected chi connectivity index (χ1v) is 3.75. The summed E-state index contributed by atoms with van der Waals surface area (Å²) in [5, 5.41) is 9.88. The molecule has 0 unspecified atom stereocenters. The number of hydrogen-bond donors (Lipinski definition) is 0. The normalized spacial score (nSPS) is 10.6. The molecule has 0 N–H and O–H groups in total. The Hall–Kier alpha value is -1.42. The second-order valence-corrected chi connectivity index (χ2v) is 2.65. The Kier molecular flexibility index (Phi) is 2.97. The molecule has 0 atom stereocenters. The monoisotopic (exact) mass is 201 g/mol. The summed E-state index contributed by atoms with van der Waals surface area (Å²) < 4.78 is 13.0. The third-order valence-corrected chi connectivity index (χ3v) is 1.65. The van der Waals surface area contributed by atoms with Gasteiger partial charge in [0.25, 0.3) is 0 Å². The SMILES string of the molecule is O=[N+]([O-])/C=C/c1cccc(Cl)c1F. The topological polar surface area (TPSA) is 43.1 Å². The van der Waals surface area contributed by atoms with Crippen molar-refractivity contribution in [2.75, 3.05) is 0 Å². The molecule has 0 aliphatic heterocycles. The van der Waals surface area contributed by atoms with E-state index in [1.54, 1.807) is 0 Å². The molecule has 0 amide bonds. The lowest BCUT2D eigenvalue weighted by atomic mass is 10.2. The quantitative estimate of drug-likeness (QED) is 0.545. The Bertz CT molecular complexity index is 365. The fraction of sp³-hybridized carbons (Fsp3) is 0. The van der Waals surface area contributed by atoms with Crippen LogP contribution in [0.2, 0.25) is 5.02 Å². The molecule has 0 aromatic heterocycles. The molecule has 1 aromatic carbocycles. The van der Waals surface area contributed by atoms with Crippen molar-refractivity contribution in [2.45, 2.75) is 0 Å². The molecule has 0 heterocycles. The zero-order valence-electron chi connectivity index (χ0n) is 6.41. The van der Waals surface area contributed by atoms with Gasteiger partial charge >= 0.3 is 0 Å². The van der Waals surface area contributed by atoms with Gasteiger partial charge in [-0.15, -0.1) is 0 Å². The maximum Gasteiger partial charge on any atom is 0.235 e. The molecular formula is C8H5ClFNO2. The molecule has 68 valence electrons. The van der Waals surface area contributed by atoms with Gasteiger partial charge < -0.3 is 0 Å². The number of rotatable bonds is 2. The Morgan fingerprint density at radius 1 is 1.54 bits per heavy atom. The van der Waals surface area contributed by atoms with Gasteiger partial charge in [-0.2, -0.15) is 0 Å². The summed E-state index contributed by atoms with van der Waals surface area (Å²) in [7, 11) is 0. The van der Waals surface area contributed by atoms with E-state index in [0.29, 0.717) is 6.20 Å². The van der Waals surface area contributed by atoms with Crippen molar-refractivity contribution in [3.8, 4) is 0 Å². The van der Waals surface area contributed by atoms with Crippen molar-refractivity contribution in [3.05, 3.63) is 50.9 Å². The molecule has 5 heteroatoms. The van der Waals surface area contributed by atoms with Crippen LogP contribution in [0.5, 0.6) is 0 Å². The third-order valence-electron chi connectivity index (χ3n) is 1.36. The fourth-order valence-electron chi connectivity index (χ4n) is 0.790. The summed E-state index contributed by atoms with van der Waals surface area (Å²) in [5.74, 6) is -0.651. The van der Waals surface area contributed by atoms with Crippen molar-refractivity contribution >= 4 is 17.7 Å². The van der Waals surface area contributed by atoms with Crippen molar-refractivity contribution in [1.29, 1.82) is 0 Å². The molecule has 0 bridgehead atoms. The highest BCUT2D eigenvalue weighted by atomic mass is 35.5. The largest absolute Gasteiger partial charge is 0.259 e. The number of nitro groups is 1. The average Bonchev–Trinajstić information content (AvgIpc) is 2.07. The molecule has 0 spiro atoms. The van der Waals surface area contributed by atoms with Crippen LogP contribution in [-0.4, -0.2) is 4.92 Å². The minimum Gasteiger partial charge on any atom is -0.259 e. The summed E-state index contributed by atoms with van der Waals surface area (Å²) in [4.78, 5) is 9.27. The number of benzene rings is 1. The first kappa shape index (κ1) is 9.67. The summed E-state index contributed by atoms with van der Waals surface area (Å²) in [6, 6.07) is 4.30. The van der Waals surface area contributed by atoms with Crippen molar-refractivity contribution in [1.82, 2.24) is 0 Å². The van der Waals surface area contributed by atoms with Crippen LogP contribution in [0.4, 0.5) is 4.39 Å². The molecule has 3 nitrogen and oxygen atoms in total. The highest BCUT2D eigenvalue weighted by Gasteiger charge is 2.03. The molecule has 0 fully saturated rings. The molecule has 0 aliphatic rings. The predicted molar refractivity (Wildman–Crippen MR) is 47.4 cm³/mol. The Labute approximate surface area is 78.6 Å². The zero-order valence-corrected chi connectivity index (χ0v) is 7.16. The van der Waals surface area contributed by atoms with Gasteiger partial charge in [0, 0.05) is 11.6 Å². The molecule has 1 rings (SSSR count). The predicted octanol–water partition coefficient (Wildman–Crippen LogP) is 2.73. The second kappa shape index (κ2) is 4.00. The lowest BCUT2D eigenvalue weighted by molar-refractivity contribution is -0.400. The van der Waals surface area contributed by atoms with Crippen LogP contribution in [0.3, 0.4) is 0 Å². The summed E-state index contributed by atoms with van der Waals surface area (Å²) in [5.41, 5.74) is 0.101. The zero-order chi connectivity index (χ0) is 9.84. The summed E-state index contributed by atoms with van der Waals surface area (Å²) in [6.45, 7) is 0. The van der Waals surface area contributed by atoms with Crippen LogP contribution in [-0.2, 0) is 0 Å². The number of halogens is 2. The minimum absolute atomic E-state index is 0.0505. The van der Waals surface area contributed by atoms with E-state index in [2.05, 4.69) is 0 Å². The van der Waals surface area contributed by atoms with Crippen molar-refractivity contribution < 1.29 is 9.31 Å². The van der Waals surface area contributed by atoms with E-state index in [9.17, 15) is 14.5 Å². The van der Waals surface area contributed by atoms with E-state index in [1.807, 2.05) is 0 Å². The van der Waals surface area contributed by atoms with Crippen LogP contribution in [0.15, 0.2) is 24.4 Å². The molecule has 0 radical (unpaired) electrons. The van der Waals surface area contributed by atoms with Crippen LogP contribution < -0.4 is 0 Å². The van der Waals surface area contributed by atoms with E-state index < -0.39 is 10.7 Å². The number of hydrogen-bond acceptors (Lipinski definition) is 2. The van der Waals surface area contributed by atoms with Crippen LogP contribution in [0, 0.1) is 15.9 Å². The van der Waals surface area contributed by atoms with Gasteiger partial charge in [-0.3, -0.25) is 10.1 Å². The van der Waals surface area contributed by atoms with E-state index in [1.165, 1.54) is 18.2 Å². The fourth-order valence-corrected chi connectivity index (χ4v) is 0.972. The van der Waals surface area contributed by atoms with Gasteiger partial charge in [0.2, 0.25) is 6.20 Å². The van der Waals surface area contributed by atoms with E-state index in [4.69, 9.17) is 11.6 Å². The van der Waals surface area contributed by atoms with E-state index in [-0.39, 0.29) is 10.6 Å². The molecule has 0 aliphatic carbocycles. The third kappa shape index (κ3) is 2.52. The van der Waals surface area contributed by atoms with Gasteiger partial charge in [-0.25, -0.2) is 4.39 Å². The van der Waals surface area contributed by atoms with Gasteiger partial charge in [-0.05, 0) is 6.07 Å². The minimum atomic E-state index is -0.666. The van der Waals surface area contributed by atoms with Crippen LogP contribution in [0.1, 0.15) is 5.56 Å². The lowest BCUT2D eigenvalue weighted by Gasteiger charge is -1.96. The van der Waals surface area contributed by atoms with Gasteiger partial charge in [-0.1, -0.05) is 23.7 Å². The lowest BCUT2D eigenvalue weighted by Crippen LogP contribution is -1.86. The van der Waals surface area contributed by atoms with Crippen LogP contribution >= 0.6 is 11.6 Å². The van der Waals surface area contributed by atoms with Crippen molar-refractivity contribution in [2.24, 2.45) is 0 Å². The molecular weight excluding hydrogens is 197 g/mol. The molecule has 0 saturated carbocycles. The van der Waals surface area contributed by atoms with E-state index >= 15 is 0 Å². The first-order chi connectivity index (χ1) is 6.11. The first-order valence-electron chi connectivity index (χ1n) is 3.37. The Balaban J connectivity index is 3.02. The molecule has 0 saturated heterocycles. The standard InChI is InChI=1S/C8H5ClFNO2/c9-7-3-1-2-6(8(7)10)4-5-11(12)13/h1-5H/b5-4+. The highest BCUT2D eigenvalue weighted by Crippen LogP contribution is 2.18. The summed E-state index contributed by atoms with van der Waals surface area (Å²) >= 11 is 5.45. The van der Waals surface area contributed by atoms with E-state index in [0.717, 1.165) is 6.08 Å². The highest BCUT2D eigenvalue weighted by molar-refractivity contribution is 6.30. The maximum atomic E-state index is 13.0. The van der Waals surface area contributed by atoms with Crippen LogP contribution in [0.25, 0.3) is 6.08 Å². The Morgan fingerprint density at radius 2 is 2.23 bits per heavy atom. The van der Waals surface area contributed by atoms with Gasteiger partial charge in [0.1, 0.15) is 5.82 Å².